The number of rotatable bonds is 6. The van der Waals surface area contributed by atoms with Gasteiger partial charge in [0.1, 0.15) is 5.76 Å². The van der Waals surface area contributed by atoms with Crippen LogP contribution in [0, 0.1) is 0 Å². The van der Waals surface area contributed by atoms with Gasteiger partial charge in [-0.15, -0.1) is 0 Å². The Labute approximate surface area is 103 Å². The first-order chi connectivity index (χ1) is 7.63. The molecule has 0 bridgehead atoms. The SMILES string of the molecule is CN(Cc1ccc(Br)o1)C(=O)CCCCO. The van der Waals surface area contributed by atoms with E-state index in [1.165, 1.54) is 0 Å². The van der Waals surface area contributed by atoms with Gasteiger partial charge in [0.05, 0.1) is 6.54 Å². The quantitative estimate of drug-likeness (QED) is 0.817. The van der Waals surface area contributed by atoms with Gasteiger partial charge in [-0.2, -0.15) is 0 Å². The standard InChI is InChI=1S/C11H16BrNO3/c1-13(11(15)4-2-3-7-14)8-9-5-6-10(12)16-9/h5-6,14H,2-4,7-8H2,1H3. The summed E-state index contributed by atoms with van der Waals surface area (Å²) in [5, 5.41) is 8.61. The zero-order chi connectivity index (χ0) is 12.0. The van der Waals surface area contributed by atoms with Crippen molar-refractivity contribution in [2.45, 2.75) is 25.8 Å². The highest BCUT2D eigenvalue weighted by atomic mass is 79.9. The molecule has 1 rings (SSSR count). The monoisotopic (exact) mass is 289 g/mol. The molecule has 0 aliphatic carbocycles. The van der Waals surface area contributed by atoms with Crippen molar-refractivity contribution in [2.75, 3.05) is 13.7 Å². The summed E-state index contributed by atoms with van der Waals surface area (Å²) in [6, 6.07) is 3.64. The summed E-state index contributed by atoms with van der Waals surface area (Å²) in [5.41, 5.74) is 0. The minimum atomic E-state index is 0.0703. The molecule has 1 aromatic heterocycles. The fourth-order valence-electron chi connectivity index (χ4n) is 1.34. The molecule has 0 unspecified atom stereocenters. The number of halogens is 1. The van der Waals surface area contributed by atoms with Crippen molar-refractivity contribution in [3.8, 4) is 0 Å². The molecule has 0 aliphatic heterocycles. The van der Waals surface area contributed by atoms with Crippen LogP contribution in [0.2, 0.25) is 0 Å². The molecule has 0 radical (unpaired) electrons. The van der Waals surface area contributed by atoms with E-state index >= 15 is 0 Å². The summed E-state index contributed by atoms with van der Waals surface area (Å²) in [7, 11) is 1.75. The van der Waals surface area contributed by atoms with Crippen LogP contribution < -0.4 is 0 Å². The van der Waals surface area contributed by atoms with Crippen LogP contribution in [0.3, 0.4) is 0 Å². The molecule has 1 N–H and O–H groups in total. The number of furan rings is 1. The van der Waals surface area contributed by atoms with Gasteiger partial charge in [0, 0.05) is 20.1 Å². The Bertz CT molecular complexity index is 338. The fourth-order valence-corrected chi connectivity index (χ4v) is 1.68. The Morgan fingerprint density at radius 1 is 1.50 bits per heavy atom. The van der Waals surface area contributed by atoms with Gasteiger partial charge in [-0.3, -0.25) is 4.79 Å². The Morgan fingerprint density at radius 2 is 2.25 bits per heavy atom. The van der Waals surface area contributed by atoms with Gasteiger partial charge in [-0.25, -0.2) is 0 Å². The minimum Gasteiger partial charge on any atom is -0.452 e. The number of carbonyl (C=O) groups is 1. The molecule has 90 valence electrons. The van der Waals surface area contributed by atoms with Crippen molar-refractivity contribution >= 4 is 21.8 Å². The maximum Gasteiger partial charge on any atom is 0.222 e. The zero-order valence-corrected chi connectivity index (χ0v) is 10.9. The van der Waals surface area contributed by atoms with Crippen molar-refractivity contribution in [2.24, 2.45) is 0 Å². The van der Waals surface area contributed by atoms with Crippen molar-refractivity contribution in [1.82, 2.24) is 4.90 Å². The van der Waals surface area contributed by atoms with Crippen molar-refractivity contribution in [3.63, 3.8) is 0 Å². The number of nitrogens with zero attached hydrogens (tertiary/aromatic N) is 1. The van der Waals surface area contributed by atoms with E-state index in [0.717, 1.165) is 12.2 Å². The molecule has 16 heavy (non-hydrogen) atoms. The van der Waals surface area contributed by atoms with Gasteiger partial charge in [-0.05, 0) is 40.9 Å². The number of hydrogen-bond donors (Lipinski definition) is 1. The summed E-state index contributed by atoms with van der Waals surface area (Å²) in [5.74, 6) is 0.825. The number of unbranched alkanes of at least 4 members (excludes halogenated alkanes) is 1. The van der Waals surface area contributed by atoms with Gasteiger partial charge in [0.25, 0.3) is 0 Å². The Balaban J connectivity index is 2.34. The van der Waals surface area contributed by atoms with Gasteiger partial charge in [0.2, 0.25) is 5.91 Å². The molecule has 0 saturated heterocycles. The summed E-state index contributed by atoms with van der Waals surface area (Å²) >= 11 is 3.21. The highest BCUT2D eigenvalue weighted by Gasteiger charge is 2.10. The third-order valence-corrected chi connectivity index (χ3v) is 2.67. The molecule has 0 spiro atoms. The summed E-state index contributed by atoms with van der Waals surface area (Å²) < 4.78 is 5.98. The second-order valence-corrected chi connectivity index (χ2v) is 4.42. The van der Waals surface area contributed by atoms with Crippen molar-refractivity contribution in [1.29, 1.82) is 0 Å². The molecule has 0 aromatic carbocycles. The highest BCUT2D eigenvalue weighted by molar-refractivity contribution is 9.10. The van der Waals surface area contributed by atoms with E-state index in [9.17, 15) is 4.79 Å². The van der Waals surface area contributed by atoms with E-state index in [1.54, 1.807) is 18.0 Å². The predicted molar refractivity (Wildman–Crippen MR) is 63.8 cm³/mol. The average molecular weight is 290 g/mol. The van der Waals surface area contributed by atoms with Crippen LogP contribution in [0.5, 0.6) is 0 Å². The zero-order valence-electron chi connectivity index (χ0n) is 9.28. The third-order valence-electron chi connectivity index (χ3n) is 2.25. The van der Waals surface area contributed by atoms with Gasteiger partial charge in [-0.1, -0.05) is 0 Å². The minimum absolute atomic E-state index is 0.0703. The largest absolute Gasteiger partial charge is 0.452 e. The van der Waals surface area contributed by atoms with Gasteiger partial charge >= 0.3 is 0 Å². The summed E-state index contributed by atoms with van der Waals surface area (Å²) in [6.45, 7) is 0.617. The molecule has 1 aromatic rings. The average Bonchev–Trinajstić information content (AvgIpc) is 2.64. The Kier molecular flexibility index (Phi) is 5.55. The molecule has 0 saturated carbocycles. The number of amides is 1. The number of aliphatic hydroxyl groups is 1. The fraction of sp³-hybridized carbons (Fsp3) is 0.545. The number of carbonyl (C=O) groups excluding carboxylic acids is 1. The van der Waals surface area contributed by atoms with E-state index in [-0.39, 0.29) is 12.5 Å². The van der Waals surface area contributed by atoms with Crippen LogP contribution in [0.4, 0.5) is 0 Å². The van der Waals surface area contributed by atoms with E-state index in [0.29, 0.717) is 24.1 Å². The first-order valence-corrected chi connectivity index (χ1v) is 6.02. The molecule has 0 aliphatic rings. The van der Waals surface area contributed by atoms with Crippen LogP contribution in [0.25, 0.3) is 0 Å². The van der Waals surface area contributed by atoms with Crippen LogP contribution in [-0.2, 0) is 11.3 Å². The Morgan fingerprint density at radius 3 is 2.81 bits per heavy atom. The molecule has 4 nitrogen and oxygen atoms in total. The maximum absolute atomic E-state index is 11.6. The summed E-state index contributed by atoms with van der Waals surface area (Å²) in [6.07, 6.45) is 1.87. The van der Waals surface area contributed by atoms with Crippen LogP contribution in [-0.4, -0.2) is 29.6 Å². The van der Waals surface area contributed by atoms with Crippen molar-refractivity contribution < 1.29 is 14.3 Å². The van der Waals surface area contributed by atoms with Crippen LogP contribution in [0.1, 0.15) is 25.0 Å². The predicted octanol–water partition coefficient (Wildman–Crippen LogP) is 2.16. The van der Waals surface area contributed by atoms with Crippen LogP contribution >= 0.6 is 15.9 Å². The molecule has 0 atom stereocenters. The molecule has 0 fully saturated rings. The lowest BCUT2D eigenvalue weighted by atomic mass is 10.2. The van der Waals surface area contributed by atoms with Crippen molar-refractivity contribution in [3.05, 3.63) is 22.6 Å². The first-order valence-electron chi connectivity index (χ1n) is 5.22. The molecular weight excluding hydrogens is 274 g/mol. The first kappa shape index (κ1) is 13.3. The lowest BCUT2D eigenvalue weighted by molar-refractivity contribution is -0.130. The van der Waals surface area contributed by atoms with E-state index < -0.39 is 0 Å². The second-order valence-electron chi connectivity index (χ2n) is 3.64. The normalized spacial score (nSPS) is 10.4. The maximum atomic E-state index is 11.6. The smallest absolute Gasteiger partial charge is 0.222 e. The van der Waals surface area contributed by atoms with E-state index in [1.807, 2.05) is 6.07 Å². The highest BCUT2D eigenvalue weighted by Crippen LogP contribution is 2.15. The van der Waals surface area contributed by atoms with E-state index in [2.05, 4.69) is 15.9 Å². The molecule has 1 heterocycles. The Hall–Kier alpha value is -0.810. The van der Waals surface area contributed by atoms with Gasteiger partial charge in [0.15, 0.2) is 4.67 Å². The van der Waals surface area contributed by atoms with Crippen LogP contribution in [0.15, 0.2) is 21.2 Å². The third kappa shape index (κ3) is 4.37. The number of hydrogen-bond acceptors (Lipinski definition) is 3. The molecule has 5 heteroatoms. The molecule has 1 amide bonds. The lowest BCUT2D eigenvalue weighted by Gasteiger charge is -2.15. The lowest BCUT2D eigenvalue weighted by Crippen LogP contribution is -2.25. The number of aliphatic hydroxyl groups excluding tert-OH is 1. The van der Waals surface area contributed by atoms with Gasteiger partial charge < -0.3 is 14.4 Å². The topological polar surface area (TPSA) is 53.7 Å². The second kappa shape index (κ2) is 6.70. The summed E-state index contributed by atoms with van der Waals surface area (Å²) in [4.78, 5) is 13.2. The molecular formula is C11H16BrNO3. The van der Waals surface area contributed by atoms with E-state index in [4.69, 9.17) is 9.52 Å².